The number of likely N-dealkylation sites (N-methyl/N-ethyl adjacent to an activating group) is 1. The molecular weight excluding hydrogens is 142 g/mol. The minimum atomic E-state index is -0.112. The van der Waals surface area contributed by atoms with Crippen molar-refractivity contribution in [3.63, 3.8) is 0 Å². The first-order valence-corrected chi connectivity index (χ1v) is 3.92. The summed E-state index contributed by atoms with van der Waals surface area (Å²) in [6, 6.07) is 0. The van der Waals surface area contributed by atoms with Gasteiger partial charge in [-0.15, -0.1) is 0 Å². The fraction of sp³-hybridized carbons (Fsp3) is 0.875. The van der Waals surface area contributed by atoms with Crippen molar-refractivity contribution in [3.05, 3.63) is 0 Å². The summed E-state index contributed by atoms with van der Waals surface area (Å²) in [5.41, 5.74) is 0. The summed E-state index contributed by atoms with van der Waals surface area (Å²) in [4.78, 5) is 11.0. The van der Waals surface area contributed by atoms with Gasteiger partial charge in [-0.25, -0.2) is 4.79 Å². The van der Waals surface area contributed by atoms with Crippen LogP contribution in [0, 0.1) is 0 Å². The molecule has 3 nitrogen and oxygen atoms in total. The molecular formula is C8H18NO2+. The molecule has 0 N–H and O–H groups in total. The number of esters is 1. The van der Waals surface area contributed by atoms with Crippen molar-refractivity contribution in [2.75, 3.05) is 34.3 Å². The van der Waals surface area contributed by atoms with E-state index < -0.39 is 0 Å². The van der Waals surface area contributed by atoms with Crippen LogP contribution in [0.4, 0.5) is 0 Å². The van der Waals surface area contributed by atoms with Crippen molar-refractivity contribution in [2.24, 2.45) is 0 Å². The second-order valence-corrected chi connectivity index (χ2v) is 3.67. The lowest BCUT2D eigenvalue weighted by molar-refractivity contribution is -0.862. The van der Waals surface area contributed by atoms with E-state index in [1.54, 1.807) is 0 Å². The number of carbonyl (C=O) groups is 1. The van der Waals surface area contributed by atoms with Gasteiger partial charge in [-0.2, -0.15) is 0 Å². The van der Waals surface area contributed by atoms with Gasteiger partial charge in [0, 0.05) is 0 Å². The smallest absolute Gasteiger partial charge is 0.361 e. The maximum atomic E-state index is 11.0. The molecule has 11 heavy (non-hydrogen) atoms. The summed E-state index contributed by atoms with van der Waals surface area (Å²) in [7, 11) is 5.90. The summed E-state index contributed by atoms with van der Waals surface area (Å²) in [6.45, 7) is 2.97. The zero-order valence-electron chi connectivity index (χ0n) is 7.89. The molecule has 66 valence electrons. The van der Waals surface area contributed by atoms with Crippen molar-refractivity contribution < 1.29 is 14.0 Å². The zero-order chi connectivity index (χ0) is 8.91. The first-order valence-electron chi connectivity index (χ1n) is 3.92. The van der Waals surface area contributed by atoms with Gasteiger partial charge < -0.3 is 9.22 Å². The molecule has 0 aliphatic carbocycles. The van der Waals surface area contributed by atoms with Crippen LogP contribution in [0.1, 0.15) is 13.3 Å². The van der Waals surface area contributed by atoms with E-state index >= 15 is 0 Å². The highest BCUT2D eigenvalue weighted by Crippen LogP contribution is 1.91. The van der Waals surface area contributed by atoms with Gasteiger partial charge in [0.2, 0.25) is 0 Å². The van der Waals surface area contributed by atoms with Crippen molar-refractivity contribution >= 4 is 5.97 Å². The highest BCUT2D eigenvalue weighted by molar-refractivity contribution is 5.70. The van der Waals surface area contributed by atoms with Gasteiger partial charge in [-0.05, 0) is 6.42 Å². The molecule has 0 atom stereocenters. The Hall–Kier alpha value is -0.570. The third-order valence-electron chi connectivity index (χ3n) is 1.07. The number of ether oxygens (including phenoxy) is 1. The molecule has 0 spiro atoms. The van der Waals surface area contributed by atoms with Crippen LogP contribution in [0.25, 0.3) is 0 Å². The lowest BCUT2D eigenvalue weighted by Gasteiger charge is -2.22. The third kappa shape index (κ3) is 7.33. The second-order valence-electron chi connectivity index (χ2n) is 3.67. The normalized spacial score (nSPS) is 11.3. The molecule has 0 saturated carbocycles. The Bertz CT molecular complexity index is 127. The molecule has 0 amide bonds. The summed E-state index contributed by atoms with van der Waals surface area (Å²) in [5, 5.41) is 0. The van der Waals surface area contributed by atoms with Crippen LogP contribution in [-0.2, 0) is 9.53 Å². The zero-order valence-corrected chi connectivity index (χ0v) is 7.89. The van der Waals surface area contributed by atoms with Gasteiger partial charge in [-0.3, -0.25) is 0 Å². The first-order chi connectivity index (χ1) is 4.95. The van der Waals surface area contributed by atoms with E-state index in [2.05, 4.69) is 0 Å². The maximum absolute atomic E-state index is 11.0. The highest BCUT2D eigenvalue weighted by atomic mass is 16.5. The number of quaternary nitrogens is 1. The lowest BCUT2D eigenvalue weighted by Crippen LogP contribution is -2.40. The van der Waals surface area contributed by atoms with Gasteiger partial charge in [0.1, 0.15) is 0 Å². The standard InChI is InChI=1S/C8H18NO2/c1-5-6-11-8(10)7-9(2,3)4/h5-7H2,1-4H3/q+1. The molecule has 0 fully saturated rings. The van der Waals surface area contributed by atoms with Crippen LogP contribution in [-0.4, -0.2) is 44.7 Å². The van der Waals surface area contributed by atoms with E-state index in [9.17, 15) is 4.79 Å². The molecule has 3 heteroatoms. The van der Waals surface area contributed by atoms with Crippen LogP contribution < -0.4 is 0 Å². The van der Waals surface area contributed by atoms with Gasteiger partial charge in [0.25, 0.3) is 0 Å². The molecule has 0 aromatic heterocycles. The van der Waals surface area contributed by atoms with Crippen molar-refractivity contribution in [3.8, 4) is 0 Å². The Morgan fingerprint density at radius 1 is 1.36 bits per heavy atom. The fourth-order valence-corrected chi connectivity index (χ4v) is 0.649. The number of nitrogens with zero attached hydrogens (tertiary/aromatic N) is 1. The van der Waals surface area contributed by atoms with Crippen molar-refractivity contribution in [1.82, 2.24) is 0 Å². The molecule has 0 rings (SSSR count). The van der Waals surface area contributed by atoms with Crippen molar-refractivity contribution in [2.45, 2.75) is 13.3 Å². The van der Waals surface area contributed by atoms with E-state index in [0.717, 1.165) is 6.42 Å². The second kappa shape index (κ2) is 4.34. The molecule has 0 aromatic carbocycles. The summed E-state index contributed by atoms with van der Waals surface area (Å²) >= 11 is 0. The van der Waals surface area contributed by atoms with E-state index in [-0.39, 0.29) is 5.97 Å². The van der Waals surface area contributed by atoms with Gasteiger partial charge >= 0.3 is 5.97 Å². The average molecular weight is 160 g/mol. The summed E-state index contributed by atoms with van der Waals surface area (Å²) < 4.78 is 5.54. The largest absolute Gasteiger partial charge is 0.462 e. The van der Waals surface area contributed by atoms with Crippen LogP contribution in [0.2, 0.25) is 0 Å². The molecule has 0 saturated heterocycles. The van der Waals surface area contributed by atoms with Crippen LogP contribution in [0.3, 0.4) is 0 Å². The number of carbonyl (C=O) groups excluding carboxylic acids is 1. The SMILES string of the molecule is CCCOC(=O)C[N+](C)(C)C. The number of hydrogen-bond acceptors (Lipinski definition) is 2. The summed E-state index contributed by atoms with van der Waals surface area (Å²) in [6.07, 6.45) is 0.892. The van der Waals surface area contributed by atoms with Crippen LogP contribution in [0.15, 0.2) is 0 Å². The molecule has 0 aliphatic heterocycles. The number of rotatable bonds is 4. The maximum Gasteiger partial charge on any atom is 0.361 e. The van der Waals surface area contributed by atoms with Crippen LogP contribution in [0.5, 0.6) is 0 Å². The topological polar surface area (TPSA) is 26.3 Å². The fourth-order valence-electron chi connectivity index (χ4n) is 0.649. The molecule has 0 unspecified atom stereocenters. The van der Waals surface area contributed by atoms with Gasteiger partial charge in [0.05, 0.1) is 27.7 Å². The third-order valence-corrected chi connectivity index (χ3v) is 1.07. The van der Waals surface area contributed by atoms with Gasteiger partial charge in [0.15, 0.2) is 6.54 Å². The Morgan fingerprint density at radius 2 is 1.91 bits per heavy atom. The first kappa shape index (κ1) is 10.4. The van der Waals surface area contributed by atoms with Crippen molar-refractivity contribution in [1.29, 1.82) is 0 Å². The Morgan fingerprint density at radius 3 is 2.27 bits per heavy atom. The monoisotopic (exact) mass is 160 g/mol. The predicted molar refractivity (Wildman–Crippen MR) is 44.1 cm³/mol. The van der Waals surface area contributed by atoms with Crippen LogP contribution >= 0.6 is 0 Å². The Kier molecular flexibility index (Phi) is 4.11. The Balaban J connectivity index is 3.53. The molecule has 0 aliphatic rings. The van der Waals surface area contributed by atoms with E-state index in [1.165, 1.54) is 0 Å². The lowest BCUT2D eigenvalue weighted by atomic mass is 10.5. The van der Waals surface area contributed by atoms with E-state index in [0.29, 0.717) is 17.6 Å². The highest BCUT2D eigenvalue weighted by Gasteiger charge is 2.14. The number of hydrogen-bond donors (Lipinski definition) is 0. The Labute approximate surface area is 68.5 Å². The molecule has 0 radical (unpaired) electrons. The quantitative estimate of drug-likeness (QED) is 0.446. The average Bonchev–Trinajstić information content (AvgIpc) is 1.79. The molecule has 0 bridgehead atoms. The molecule has 0 heterocycles. The van der Waals surface area contributed by atoms with Gasteiger partial charge in [-0.1, -0.05) is 6.92 Å². The van der Waals surface area contributed by atoms with E-state index in [1.807, 2.05) is 28.1 Å². The predicted octanol–water partition coefficient (Wildman–Crippen LogP) is 0.646. The minimum Gasteiger partial charge on any atom is -0.462 e. The minimum absolute atomic E-state index is 0.112. The van der Waals surface area contributed by atoms with E-state index in [4.69, 9.17) is 4.74 Å². The molecule has 0 aromatic rings. The summed E-state index contributed by atoms with van der Waals surface area (Å²) in [5.74, 6) is -0.112.